The number of ether oxygens (including phenoxy) is 1. The van der Waals surface area contributed by atoms with Crippen molar-refractivity contribution in [2.75, 3.05) is 18.5 Å². The Balaban J connectivity index is 1.20. The zero-order valence-corrected chi connectivity index (χ0v) is 30.8. The van der Waals surface area contributed by atoms with Crippen molar-refractivity contribution in [1.82, 2.24) is 10.3 Å². The van der Waals surface area contributed by atoms with Gasteiger partial charge < -0.3 is 29.7 Å². The van der Waals surface area contributed by atoms with Crippen LogP contribution >= 0.6 is 0 Å². The summed E-state index contributed by atoms with van der Waals surface area (Å²) in [5, 5.41) is 26.7. The minimum Gasteiger partial charge on any atom is -0.506 e. The van der Waals surface area contributed by atoms with Gasteiger partial charge in [-0.05, 0) is 77.1 Å². The number of phenolic OH excluding ortho intramolecular Hbond substituents is 1. The highest BCUT2D eigenvalue weighted by Gasteiger charge is 2.39. The summed E-state index contributed by atoms with van der Waals surface area (Å²) in [6.07, 6.45) is 3.23. The molecule has 266 valence electrons. The van der Waals surface area contributed by atoms with Crippen molar-refractivity contribution in [2.45, 2.75) is 58.0 Å². The number of amides is 1. The van der Waals surface area contributed by atoms with Gasteiger partial charge in [-0.3, -0.25) is 10.1 Å². The average molecular weight is 706 g/mol. The number of carbonyl (C=O) groups is 1. The van der Waals surface area contributed by atoms with E-state index in [9.17, 15) is 19.8 Å². The number of aromatic nitrogens is 1. The van der Waals surface area contributed by atoms with Gasteiger partial charge in [0.25, 0.3) is 0 Å². The third-order valence-corrected chi connectivity index (χ3v) is 13.8. The Morgan fingerprint density at radius 1 is 0.961 bits per heavy atom. The molecule has 0 fully saturated rings. The molecule has 0 saturated carbocycles. The Kier molecular flexibility index (Phi) is 11.8. The van der Waals surface area contributed by atoms with Crippen molar-refractivity contribution in [2.24, 2.45) is 0 Å². The zero-order chi connectivity index (χ0) is 36.6. The molecular weight excluding hydrogens is 659 g/mol. The molecule has 5 aromatic rings. The number of rotatable bonds is 14. The molecule has 0 radical (unpaired) electrons. The van der Waals surface area contributed by atoms with Crippen LogP contribution in [-0.2, 0) is 11.0 Å². The molecule has 0 aliphatic carbocycles. The molecule has 9 nitrogen and oxygen atoms in total. The lowest BCUT2D eigenvalue weighted by Crippen LogP contribution is -2.43. The summed E-state index contributed by atoms with van der Waals surface area (Å²) in [6, 6.07) is 30.1. The highest BCUT2D eigenvalue weighted by atomic mass is 28.4. The normalized spacial score (nSPS) is 12.6. The summed E-state index contributed by atoms with van der Waals surface area (Å²) >= 11 is 0. The van der Waals surface area contributed by atoms with Crippen LogP contribution in [0.3, 0.4) is 0 Å². The summed E-state index contributed by atoms with van der Waals surface area (Å²) in [7, 11) is -2.20. The van der Waals surface area contributed by atoms with Crippen LogP contribution in [0.1, 0.15) is 50.0 Å². The molecule has 0 spiro atoms. The van der Waals surface area contributed by atoms with E-state index in [-0.39, 0.29) is 22.5 Å². The fourth-order valence-electron chi connectivity index (χ4n) is 5.60. The van der Waals surface area contributed by atoms with Crippen LogP contribution in [0.25, 0.3) is 28.1 Å². The smallest absolute Gasteiger partial charge is 0.409 e. The maximum atomic E-state index is 12.0. The number of hydrogen-bond donors (Lipinski definition) is 5. The fourth-order valence-corrected chi connectivity index (χ4v) is 6.87. The van der Waals surface area contributed by atoms with Gasteiger partial charge >= 0.3 is 6.09 Å². The number of phenols is 1. The Hall–Kier alpha value is -5.16. The van der Waals surface area contributed by atoms with Crippen molar-refractivity contribution in [3.05, 3.63) is 130 Å². The first kappa shape index (κ1) is 37.1. The zero-order valence-electron chi connectivity index (χ0n) is 29.8. The molecule has 5 N–H and O–H groups in total. The van der Waals surface area contributed by atoms with Crippen LogP contribution in [0.15, 0.2) is 108 Å². The van der Waals surface area contributed by atoms with E-state index in [1.807, 2.05) is 91.0 Å². The number of fused-ring (bicyclic) bond motifs is 1. The fraction of sp³-hybridized carbons (Fsp3) is 0.268. The number of benzene rings is 4. The quantitative estimate of drug-likeness (QED) is 0.0575. The predicted molar refractivity (Wildman–Crippen MR) is 208 cm³/mol. The number of nitrogens with one attached hydrogen (secondary N) is 3. The molecule has 4 aromatic carbocycles. The van der Waals surface area contributed by atoms with Gasteiger partial charge in [0.05, 0.1) is 23.9 Å². The van der Waals surface area contributed by atoms with E-state index >= 15 is 0 Å². The summed E-state index contributed by atoms with van der Waals surface area (Å²) in [5.41, 5.74) is 5.27. The van der Waals surface area contributed by atoms with E-state index in [4.69, 9.17) is 9.16 Å². The predicted octanol–water partition coefficient (Wildman–Crippen LogP) is 9.33. The third kappa shape index (κ3) is 9.76. The number of anilines is 1. The van der Waals surface area contributed by atoms with Crippen LogP contribution in [0.2, 0.25) is 18.1 Å². The molecule has 0 aliphatic rings. The first-order valence-corrected chi connectivity index (χ1v) is 20.0. The second-order valence-electron chi connectivity index (χ2n) is 14.1. The molecule has 1 atom stereocenters. The standard InChI is InChI=1S/C41H47N3O6Si/c1-41(2,3)51(4,5)50-37(33-19-21-36(45)39-34(33)20-22-38(46)44-39)27-42-26-29-13-11-16-31(24-29)49-23-10-9-12-28-17-18-32(30-14-7-6-8-15-30)35(25-28)43-40(47)48/h6-9,11-22,24-25,37,42-43,45H,10,23,26-27H2,1-5H3,(H,44,46)(H,47,48)/b12-9+/t37-/m0/s1. The van der Waals surface area contributed by atoms with Gasteiger partial charge in [0.1, 0.15) is 11.5 Å². The topological polar surface area (TPSA) is 133 Å². The summed E-state index contributed by atoms with van der Waals surface area (Å²) < 4.78 is 13.0. The van der Waals surface area contributed by atoms with Gasteiger partial charge in [-0.2, -0.15) is 0 Å². The molecule has 51 heavy (non-hydrogen) atoms. The molecule has 0 aliphatic heterocycles. The van der Waals surface area contributed by atoms with E-state index in [0.29, 0.717) is 37.3 Å². The Labute approximate surface area is 300 Å². The number of hydrogen-bond acceptors (Lipinski definition) is 6. The second kappa shape index (κ2) is 16.2. The molecule has 5 rings (SSSR count). The second-order valence-corrected chi connectivity index (χ2v) is 18.8. The lowest BCUT2D eigenvalue weighted by atomic mass is 10.0. The number of aromatic amines is 1. The molecule has 0 unspecified atom stereocenters. The molecule has 0 saturated heterocycles. The summed E-state index contributed by atoms with van der Waals surface area (Å²) in [5.74, 6) is 0.794. The van der Waals surface area contributed by atoms with Crippen LogP contribution in [0.4, 0.5) is 10.5 Å². The number of aromatic hydroxyl groups is 1. The van der Waals surface area contributed by atoms with E-state index in [2.05, 4.69) is 49.5 Å². The van der Waals surface area contributed by atoms with Crippen LogP contribution in [-0.4, -0.2) is 42.8 Å². The van der Waals surface area contributed by atoms with E-state index in [1.165, 1.54) is 6.07 Å². The van der Waals surface area contributed by atoms with Crippen molar-refractivity contribution < 1.29 is 24.2 Å². The maximum absolute atomic E-state index is 12.0. The lowest BCUT2D eigenvalue weighted by Gasteiger charge is -2.39. The Morgan fingerprint density at radius 2 is 1.75 bits per heavy atom. The molecule has 0 bridgehead atoms. The van der Waals surface area contributed by atoms with Gasteiger partial charge in [0.2, 0.25) is 5.56 Å². The van der Waals surface area contributed by atoms with Gasteiger partial charge in [-0.25, -0.2) is 4.79 Å². The first-order chi connectivity index (χ1) is 24.3. The van der Waals surface area contributed by atoms with Crippen LogP contribution in [0.5, 0.6) is 11.5 Å². The number of pyridine rings is 1. The number of carboxylic acid groups (broad SMARTS) is 1. The molecular formula is C41H47N3O6Si. The molecule has 1 aromatic heterocycles. The van der Waals surface area contributed by atoms with Gasteiger partial charge in [-0.15, -0.1) is 0 Å². The minimum absolute atomic E-state index is 0.0133. The largest absolute Gasteiger partial charge is 0.506 e. The molecule has 1 amide bonds. The van der Waals surface area contributed by atoms with Crippen molar-refractivity contribution in [3.8, 4) is 22.6 Å². The molecule has 1 heterocycles. The first-order valence-electron chi connectivity index (χ1n) is 17.1. The van der Waals surface area contributed by atoms with Crippen molar-refractivity contribution in [3.63, 3.8) is 0 Å². The third-order valence-electron chi connectivity index (χ3n) is 9.29. The highest BCUT2D eigenvalue weighted by molar-refractivity contribution is 6.74. The van der Waals surface area contributed by atoms with Crippen molar-refractivity contribution in [1.29, 1.82) is 0 Å². The van der Waals surface area contributed by atoms with Gasteiger partial charge in [0.15, 0.2) is 8.32 Å². The van der Waals surface area contributed by atoms with Gasteiger partial charge in [-0.1, -0.05) is 93.6 Å². The van der Waals surface area contributed by atoms with Gasteiger partial charge in [0, 0.05) is 30.1 Å². The Bertz CT molecular complexity index is 2050. The SMILES string of the molecule is CC(C)(C)[Si](C)(C)O[C@@H](CNCc1cccc(OCC/C=C/c2ccc(-c3ccccc3)c(NC(=O)O)c2)c1)c1ccc(O)c2[nH]c(=O)ccc12. The van der Waals surface area contributed by atoms with E-state index < -0.39 is 14.4 Å². The monoisotopic (exact) mass is 705 g/mol. The highest BCUT2D eigenvalue weighted by Crippen LogP contribution is 2.41. The maximum Gasteiger partial charge on any atom is 0.409 e. The Morgan fingerprint density at radius 3 is 2.49 bits per heavy atom. The summed E-state index contributed by atoms with van der Waals surface area (Å²) in [4.78, 5) is 26.3. The number of H-pyrrole nitrogens is 1. The average Bonchev–Trinajstić information content (AvgIpc) is 3.08. The summed E-state index contributed by atoms with van der Waals surface area (Å²) in [6.45, 7) is 12.6. The molecule has 10 heteroatoms. The van der Waals surface area contributed by atoms with Crippen LogP contribution < -0.4 is 20.9 Å². The lowest BCUT2D eigenvalue weighted by molar-refractivity contribution is 0.181. The van der Waals surface area contributed by atoms with Crippen molar-refractivity contribution >= 4 is 37.1 Å². The minimum atomic E-state index is -2.20. The van der Waals surface area contributed by atoms with Crippen LogP contribution in [0, 0.1) is 0 Å². The van der Waals surface area contributed by atoms with E-state index in [1.54, 1.807) is 12.1 Å². The van der Waals surface area contributed by atoms with E-state index in [0.717, 1.165) is 39.0 Å².